The minimum Gasteiger partial charge on any atom is -0.452 e. The maximum atomic E-state index is 13.8. The Bertz CT molecular complexity index is 1020. The zero-order valence-corrected chi connectivity index (χ0v) is 14.2. The van der Waals surface area contributed by atoms with Crippen LogP contribution in [0.25, 0.3) is 6.08 Å². The van der Waals surface area contributed by atoms with E-state index in [-0.39, 0.29) is 17.1 Å². The van der Waals surface area contributed by atoms with Gasteiger partial charge in [0.1, 0.15) is 11.6 Å². The third-order valence-electron chi connectivity index (χ3n) is 3.67. The largest absolute Gasteiger partial charge is 0.452 e. The quantitative estimate of drug-likeness (QED) is 0.506. The first-order valence-corrected chi connectivity index (χ1v) is 8.17. The number of hydrogen-bond donors (Lipinski definition) is 1. The third-order valence-corrected chi connectivity index (χ3v) is 3.67. The van der Waals surface area contributed by atoms with E-state index >= 15 is 0 Å². The van der Waals surface area contributed by atoms with Gasteiger partial charge >= 0.3 is 0 Å². The summed E-state index contributed by atoms with van der Waals surface area (Å²) in [4.78, 5) is 12.5. The van der Waals surface area contributed by atoms with Crippen LogP contribution >= 0.6 is 0 Å². The molecule has 0 atom stereocenters. The summed E-state index contributed by atoms with van der Waals surface area (Å²) in [5.41, 5.74) is 1.02. The van der Waals surface area contributed by atoms with Gasteiger partial charge in [0.25, 0.3) is 5.91 Å². The zero-order valence-electron chi connectivity index (χ0n) is 14.2. The Hall–Kier alpha value is -3.91. The van der Waals surface area contributed by atoms with Gasteiger partial charge in [-0.1, -0.05) is 54.6 Å². The molecule has 5 heteroatoms. The molecule has 0 aliphatic rings. The van der Waals surface area contributed by atoms with Crippen molar-refractivity contribution in [1.82, 2.24) is 0 Å². The number of halogens is 1. The van der Waals surface area contributed by atoms with Crippen LogP contribution in [0.1, 0.15) is 5.56 Å². The van der Waals surface area contributed by atoms with Crippen molar-refractivity contribution in [2.24, 2.45) is 0 Å². The summed E-state index contributed by atoms with van der Waals surface area (Å²) in [7, 11) is 0. The summed E-state index contributed by atoms with van der Waals surface area (Å²) < 4.78 is 19.4. The van der Waals surface area contributed by atoms with Crippen LogP contribution in [0.15, 0.2) is 84.4 Å². The fourth-order valence-corrected chi connectivity index (χ4v) is 2.36. The Balaban J connectivity index is 1.83. The van der Waals surface area contributed by atoms with Gasteiger partial charge in [-0.15, -0.1) is 0 Å². The van der Waals surface area contributed by atoms with Gasteiger partial charge in [-0.05, 0) is 35.9 Å². The molecule has 0 spiro atoms. The molecule has 0 fully saturated rings. The number of amides is 1. The van der Waals surface area contributed by atoms with Crippen LogP contribution < -0.4 is 10.1 Å². The molecule has 27 heavy (non-hydrogen) atoms. The zero-order chi connectivity index (χ0) is 19.1. The summed E-state index contributed by atoms with van der Waals surface area (Å²) in [6, 6.07) is 23.6. The molecule has 0 saturated carbocycles. The summed E-state index contributed by atoms with van der Waals surface area (Å²) >= 11 is 0. The van der Waals surface area contributed by atoms with E-state index in [0.717, 1.165) is 5.56 Å². The van der Waals surface area contributed by atoms with Crippen LogP contribution in [0.3, 0.4) is 0 Å². The summed E-state index contributed by atoms with van der Waals surface area (Å²) in [6.07, 6.45) is 1.50. The molecule has 0 aliphatic heterocycles. The number of anilines is 1. The monoisotopic (exact) mass is 358 g/mol. The molecule has 0 saturated heterocycles. The average Bonchev–Trinajstić information content (AvgIpc) is 2.70. The number of para-hydroxylation sites is 3. The third kappa shape index (κ3) is 4.59. The number of carbonyl (C=O) groups is 1. The number of hydrogen-bond acceptors (Lipinski definition) is 3. The molecule has 4 nitrogen and oxygen atoms in total. The van der Waals surface area contributed by atoms with E-state index in [1.165, 1.54) is 18.2 Å². The van der Waals surface area contributed by atoms with E-state index in [1.807, 2.05) is 24.3 Å². The Labute approximate surface area is 156 Å². The predicted octanol–water partition coefficient (Wildman–Crippen LogP) is 5.16. The molecule has 0 heterocycles. The van der Waals surface area contributed by atoms with Crippen molar-refractivity contribution in [3.8, 4) is 17.6 Å². The standard InChI is InChI=1S/C22H15FN2O2/c23-18-10-4-6-12-20(18)27-21-13-7-5-11-19(21)25-22(26)17(15-24)14-16-8-2-1-3-9-16/h1-14H,(H,25,26). The maximum Gasteiger partial charge on any atom is 0.266 e. The lowest BCUT2D eigenvalue weighted by atomic mass is 10.1. The second-order valence-corrected chi connectivity index (χ2v) is 5.56. The molecule has 0 radical (unpaired) electrons. The van der Waals surface area contributed by atoms with Gasteiger partial charge in [-0.2, -0.15) is 5.26 Å². The molecular formula is C22H15FN2O2. The molecule has 3 aromatic rings. The molecule has 1 N–H and O–H groups in total. The van der Waals surface area contributed by atoms with Gasteiger partial charge in [0, 0.05) is 0 Å². The lowest BCUT2D eigenvalue weighted by Gasteiger charge is -2.12. The lowest BCUT2D eigenvalue weighted by Crippen LogP contribution is -2.14. The van der Waals surface area contributed by atoms with Crippen molar-refractivity contribution < 1.29 is 13.9 Å². The van der Waals surface area contributed by atoms with Gasteiger partial charge in [0.05, 0.1) is 5.69 Å². The van der Waals surface area contributed by atoms with Crippen LogP contribution in [-0.2, 0) is 4.79 Å². The number of benzene rings is 3. The van der Waals surface area contributed by atoms with Crippen LogP contribution in [0.2, 0.25) is 0 Å². The molecule has 3 aromatic carbocycles. The Morgan fingerprint density at radius 2 is 1.56 bits per heavy atom. The Kier molecular flexibility index (Phi) is 5.60. The van der Waals surface area contributed by atoms with Crippen LogP contribution in [0, 0.1) is 17.1 Å². The summed E-state index contributed by atoms with van der Waals surface area (Å²) in [5, 5.41) is 12.0. The van der Waals surface area contributed by atoms with Crippen molar-refractivity contribution in [3.63, 3.8) is 0 Å². The van der Waals surface area contributed by atoms with E-state index in [0.29, 0.717) is 5.69 Å². The van der Waals surface area contributed by atoms with E-state index in [9.17, 15) is 14.4 Å². The highest BCUT2D eigenvalue weighted by Gasteiger charge is 2.13. The number of nitrogens with zero attached hydrogens (tertiary/aromatic N) is 1. The smallest absolute Gasteiger partial charge is 0.266 e. The Morgan fingerprint density at radius 1 is 0.926 bits per heavy atom. The molecular weight excluding hydrogens is 343 g/mol. The fourth-order valence-electron chi connectivity index (χ4n) is 2.36. The normalized spacial score (nSPS) is 10.7. The van der Waals surface area contributed by atoms with Crippen molar-refractivity contribution in [3.05, 3.63) is 95.8 Å². The second kappa shape index (κ2) is 8.45. The van der Waals surface area contributed by atoms with Crippen LogP contribution in [0.4, 0.5) is 10.1 Å². The first-order valence-electron chi connectivity index (χ1n) is 8.17. The number of carbonyl (C=O) groups excluding carboxylic acids is 1. The van der Waals surface area contributed by atoms with Gasteiger partial charge < -0.3 is 10.1 Å². The molecule has 1 amide bonds. The Morgan fingerprint density at radius 3 is 2.26 bits per heavy atom. The van der Waals surface area contributed by atoms with Crippen LogP contribution in [0.5, 0.6) is 11.5 Å². The van der Waals surface area contributed by atoms with E-state index in [4.69, 9.17) is 4.74 Å². The minimum atomic E-state index is -0.578. The van der Waals surface area contributed by atoms with Crippen molar-refractivity contribution in [1.29, 1.82) is 5.26 Å². The summed E-state index contributed by atoms with van der Waals surface area (Å²) in [5.74, 6) is -0.779. The highest BCUT2D eigenvalue weighted by atomic mass is 19.1. The fraction of sp³-hybridized carbons (Fsp3) is 0. The molecule has 132 valence electrons. The predicted molar refractivity (Wildman–Crippen MR) is 102 cm³/mol. The van der Waals surface area contributed by atoms with Gasteiger partial charge in [-0.3, -0.25) is 4.79 Å². The van der Waals surface area contributed by atoms with Crippen molar-refractivity contribution in [2.45, 2.75) is 0 Å². The average molecular weight is 358 g/mol. The van der Waals surface area contributed by atoms with Gasteiger partial charge in [0.15, 0.2) is 17.3 Å². The van der Waals surface area contributed by atoms with E-state index in [1.54, 1.807) is 48.5 Å². The minimum absolute atomic E-state index is 0.0412. The number of ether oxygens (including phenoxy) is 1. The maximum absolute atomic E-state index is 13.8. The van der Waals surface area contributed by atoms with Gasteiger partial charge in [0.2, 0.25) is 0 Å². The number of nitrogens with one attached hydrogen (secondary N) is 1. The first-order chi connectivity index (χ1) is 13.2. The van der Waals surface area contributed by atoms with Crippen molar-refractivity contribution >= 4 is 17.7 Å². The first kappa shape index (κ1) is 17.9. The number of nitriles is 1. The molecule has 3 rings (SSSR count). The van der Waals surface area contributed by atoms with E-state index in [2.05, 4.69) is 5.32 Å². The molecule has 0 unspecified atom stereocenters. The van der Waals surface area contributed by atoms with E-state index < -0.39 is 11.7 Å². The van der Waals surface area contributed by atoms with Gasteiger partial charge in [-0.25, -0.2) is 4.39 Å². The lowest BCUT2D eigenvalue weighted by molar-refractivity contribution is -0.112. The highest BCUT2D eigenvalue weighted by Crippen LogP contribution is 2.31. The highest BCUT2D eigenvalue weighted by molar-refractivity contribution is 6.10. The van der Waals surface area contributed by atoms with Crippen LogP contribution in [-0.4, -0.2) is 5.91 Å². The number of rotatable bonds is 5. The second-order valence-electron chi connectivity index (χ2n) is 5.56. The summed E-state index contributed by atoms with van der Waals surface area (Å²) in [6.45, 7) is 0. The molecule has 0 aliphatic carbocycles. The molecule has 0 aromatic heterocycles. The molecule has 0 bridgehead atoms. The van der Waals surface area contributed by atoms with Crippen molar-refractivity contribution in [2.75, 3.05) is 5.32 Å². The topological polar surface area (TPSA) is 62.1 Å². The SMILES string of the molecule is N#CC(=Cc1ccccc1)C(=O)Nc1ccccc1Oc1ccccc1F.